The number of hydrogen-bond acceptors (Lipinski definition) is 4. The van der Waals surface area contributed by atoms with Crippen LogP contribution >= 0.6 is 23.2 Å². The van der Waals surface area contributed by atoms with Crippen molar-refractivity contribution in [2.75, 3.05) is 12.0 Å². The molecule has 2 amide bonds. The molecule has 0 aliphatic carbocycles. The Morgan fingerprint density at radius 3 is 2.23 bits per heavy atom. The van der Waals surface area contributed by atoms with Gasteiger partial charge >= 0.3 is 12.3 Å². The number of imide groups is 1. The van der Waals surface area contributed by atoms with E-state index in [1.54, 1.807) is 20.8 Å². The molecule has 5 nitrogen and oxygen atoms in total. The molecule has 0 N–H and O–H groups in total. The average Bonchev–Trinajstić information content (AvgIpc) is 2.87. The van der Waals surface area contributed by atoms with E-state index >= 15 is 0 Å². The zero-order chi connectivity index (χ0) is 23.4. The van der Waals surface area contributed by atoms with E-state index in [0.717, 1.165) is 12.1 Å². The predicted molar refractivity (Wildman–Crippen MR) is 110 cm³/mol. The fraction of sp³-hybridized carbons (Fsp3) is 0.333. The van der Waals surface area contributed by atoms with Crippen molar-refractivity contribution in [3.8, 4) is 5.75 Å². The number of carbonyl (C=O) groups excluding carboxylic acids is 2. The fourth-order valence-corrected chi connectivity index (χ4v) is 3.82. The number of methoxy groups -OCH3 is 1. The highest BCUT2D eigenvalue weighted by molar-refractivity contribution is 6.44. The maximum Gasteiger partial charge on any atom is 0.421 e. The number of anilines is 1. The second kappa shape index (κ2) is 7.60. The molecule has 166 valence electrons. The molecular weight excluding hydrogens is 458 g/mol. The van der Waals surface area contributed by atoms with Crippen LogP contribution in [0.4, 0.5) is 23.7 Å². The van der Waals surface area contributed by atoms with Gasteiger partial charge in [-0.15, -0.1) is 0 Å². The zero-order valence-electron chi connectivity index (χ0n) is 16.9. The lowest BCUT2D eigenvalue weighted by Gasteiger charge is -2.26. The van der Waals surface area contributed by atoms with Crippen molar-refractivity contribution in [1.82, 2.24) is 0 Å². The number of rotatable bonds is 2. The van der Waals surface area contributed by atoms with E-state index in [2.05, 4.69) is 0 Å². The Morgan fingerprint density at radius 1 is 1.06 bits per heavy atom. The Morgan fingerprint density at radius 2 is 1.68 bits per heavy atom. The number of nitrogens with zero attached hydrogens (tertiary/aromatic N) is 1. The third-order valence-electron chi connectivity index (χ3n) is 4.55. The number of amides is 2. The highest BCUT2D eigenvalue weighted by Crippen LogP contribution is 2.53. The first-order valence-corrected chi connectivity index (χ1v) is 9.78. The van der Waals surface area contributed by atoms with Crippen LogP contribution in [0.3, 0.4) is 0 Å². The third-order valence-corrected chi connectivity index (χ3v) is 5.35. The summed E-state index contributed by atoms with van der Waals surface area (Å²) in [6.07, 6.45) is -5.85. The van der Waals surface area contributed by atoms with Crippen LogP contribution in [0, 0.1) is 0 Å². The first-order valence-electron chi connectivity index (χ1n) is 9.02. The topological polar surface area (TPSA) is 55.8 Å². The van der Waals surface area contributed by atoms with Gasteiger partial charge in [0.15, 0.2) is 4.87 Å². The molecule has 1 unspecified atom stereocenters. The van der Waals surface area contributed by atoms with E-state index in [4.69, 9.17) is 32.7 Å². The molecule has 1 aliphatic heterocycles. The minimum Gasteiger partial charge on any atom is -0.496 e. The maximum atomic E-state index is 13.4. The number of fused-ring (bicyclic) bond motifs is 1. The smallest absolute Gasteiger partial charge is 0.421 e. The first-order chi connectivity index (χ1) is 14.2. The van der Waals surface area contributed by atoms with Crippen LogP contribution in [0.25, 0.3) is 0 Å². The van der Waals surface area contributed by atoms with Crippen molar-refractivity contribution in [2.24, 2.45) is 0 Å². The summed E-state index contributed by atoms with van der Waals surface area (Å²) in [6.45, 7) is 4.69. The molecule has 10 heteroatoms. The molecule has 1 aliphatic rings. The summed E-state index contributed by atoms with van der Waals surface area (Å²) in [6, 6.07) is 6.85. The van der Waals surface area contributed by atoms with E-state index < -0.39 is 34.2 Å². The highest BCUT2D eigenvalue weighted by atomic mass is 35.5. The van der Waals surface area contributed by atoms with Crippen molar-refractivity contribution in [1.29, 1.82) is 0 Å². The fourth-order valence-electron chi connectivity index (χ4n) is 3.26. The normalized spacial score (nSPS) is 18.7. The number of halogens is 5. The molecule has 0 bridgehead atoms. The van der Waals surface area contributed by atoms with Gasteiger partial charge in [0.1, 0.15) is 11.4 Å². The standard InChI is InChI=1S/C21H18Cl2F3NO4/c1-19(2,3)31-18(29)27-15-9-11(21(24,25)26)5-7-13(15)20(23,17(27)28)14-8-6-12(22)10-16(14)30-4/h5-10H,1-4H3. The van der Waals surface area contributed by atoms with Crippen molar-refractivity contribution in [2.45, 2.75) is 37.4 Å². The number of benzene rings is 2. The van der Waals surface area contributed by atoms with Crippen LogP contribution in [0.2, 0.25) is 5.02 Å². The van der Waals surface area contributed by atoms with E-state index in [1.165, 1.54) is 25.3 Å². The van der Waals surface area contributed by atoms with E-state index in [0.29, 0.717) is 16.0 Å². The van der Waals surface area contributed by atoms with Crippen LogP contribution in [-0.4, -0.2) is 24.7 Å². The molecule has 0 spiro atoms. The van der Waals surface area contributed by atoms with Gasteiger partial charge in [0, 0.05) is 16.1 Å². The minimum atomic E-state index is -4.70. The molecule has 2 aromatic rings. The monoisotopic (exact) mass is 475 g/mol. The first kappa shape index (κ1) is 23.2. The van der Waals surface area contributed by atoms with E-state index in [1.807, 2.05) is 0 Å². The summed E-state index contributed by atoms with van der Waals surface area (Å²) < 4.78 is 50.6. The van der Waals surface area contributed by atoms with Gasteiger partial charge in [0.2, 0.25) is 0 Å². The van der Waals surface area contributed by atoms with Crippen LogP contribution in [0.1, 0.15) is 37.5 Å². The molecule has 3 rings (SSSR count). The van der Waals surface area contributed by atoms with Crippen LogP contribution in [-0.2, 0) is 20.6 Å². The van der Waals surface area contributed by atoms with Crippen molar-refractivity contribution in [3.63, 3.8) is 0 Å². The lowest BCUT2D eigenvalue weighted by atomic mass is 9.90. The van der Waals surface area contributed by atoms with Gasteiger partial charge in [-0.1, -0.05) is 35.3 Å². The van der Waals surface area contributed by atoms with E-state index in [9.17, 15) is 22.8 Å². The Hall–Kier alpha value is -2.45. The summed E-state index contributed by atoms with van der Waals surface area (Å²) in [7, 11) is 1.33. The lowest BCUT2D eigenvalue weighted by molar-refractivity contribution is -0.137. The molecule has 2 aromatic carbocycles. The lowest BCUT2D eigenvalue weighted by Crippen LogP contribution is -2.43. The van der Waals surface area contributed by atoms with Crippen molar-refractivity contribution >= 4 is 40.9 Å². The minimum absolute atomic E-state index is 0.0151. The van der Waals surface area contributed by atoms with Crippen LogP contribution in [0.5, 0.6) is 5.75 Å². The Labute approximate surface area is 186 Å². The summed E-state index contributed by atoms with van der Waals surface area (Å²) in [4.78, 5) is 24.8. The molecule has 0 radical (unpaired) electrons. The predicted octanol–water partition coefficient (Wildman–Crippen LogP) is 6.13. The quantitative estimate of drug-likeness (QED) is 0.490. The largest absolute Gasteiger partial charge is 0.496 e. The second-order valence-corrected chi connectivity index (χ2v) is 8.86. The SMILES string of the molecule is COc1cc(Cl)ccc1C1(Cl)C(=O)N(C(=O)OC(C)(C)C)c2cc(C(F)(F)F)ccc21. The third kappa shape index (κ3) is 4.06. The zero-order valence-corrected chi connectivity index (χ0v) is 18.4. The van der Waals surface area contributed by atoms with Gasteiger partial charge in [0.05, 0.1) is 18.4 Å². The molecule has 0 fully saturated rings. The van der Waals surface area contributed by atoms with Gasteiger partial charge in [0.25, 0.3) is 5.91 Å². The van der Waals surface area contributed by atoms with Gasteiger partial charge in [-0.2, -0.15) is 13.2 Å². The highest BCUT2D eigenvalue weighted by Gasteiger charge is 2.56. The second-order valence-electron chi connectivity index (χ2n) is 7.85. The number of ether oxygens (including phenoxy) is 2. The van der Waals surface area contributed by atoms with Gasteiger partial charge in [-0.05, 0) is 45.0 Å². The molecule has 1 atom stereocenters. The number of alkyl halides is 4. The molecule has 0 aromatic heterocycles. The number of hydrogen-bond donors (Lipinski definition) is 0. The van der Waals surface area contributed by atoms with Gasteiger partial charge in [-0.3, -0.25) is 4.79 Å². The summed E-state index contributed by atoms with van der Waals surface area (Å²) in [5.41, 5.74) is -2.26. The maximum absolute atomic E-state index is 13.4. The molecule has 1 heterocycles. The molecule has 0 saturated heterocycles. The number of carbonyl (C=O) groups is 2. The van der Waals surface area contributed by atoms with Crippen molar-refractivity contribution in [3.05, 3.63) is 58.1 Å². The van der Waals surface area contributed by atoms with Gasteiger partial charge < -0.3 is 9.47 Å². The molecular formula is C21H18Cl2F3NO4. The average molecular weight is 476 g/mol. The van der Waals surface area contributed by atoms with E-state index in [-0.39, 0.29) is 22.6 Å². The van der Waals surface area contributed by atoms with Crippen LogP contribution < -0.4 is 9.64 Å². The summed E-state index contributed by atoms with van der Waals surface area (Å²) in [5, 5.41) is 0.294. The Bertz CT molecular complexity index is 1070. The molecule has 31 heavy (non-hydrogen) atoms. The Kier molecular flexibility index (Phi) is 5.69. The Balaban J connectivity index is 2.28. The van der Waals surface area contributed by atoms with Crippen LogP contribution in [0.15, 0.2) is 36.4 Å². The van der Waals surface area contributed by atoms with Crippen molar-refractivity contribution < 1.29 is 32.2 Å². The summed E-state index contributed by atoms with van der Waals surface area (Å²) >= 11 is 12.8. The van der Waals surface area contributed by atoms with Gasteiger partial charge in [-0.25, -0.2) is 9.69 Å². The molecule has 0 saturated carbocycles. The summed E-state index contributed by atoms with van der Waals surface area (Å²) in [5.74, 6) is -0.855.